The molecule has 2 aromatic carbocycles. The second-order valence-corrected chi connectivity index (χ2v) is 10.7. The molecule has 0 aliphatic carbocycles. The topological polar surface area (TPSA) is 110 Å². The molecule has 3 heterocycles. The minimum Gasteiger partial charge on any atom is -0.376 e. The molecule has 0 radical (unpaired) electrons. The zero-order valence-corrected chi connectivity index (χ0v) is 22.8. The molecule has 3 atom stereocenters. The predicted molar refractivity (Wildman–Crippen MR) is 147 cm³/mol. The lowest BCUT2D eigenvalue weighted by Gasteiger charge is -2.29. The number of amides is 1. The highest BCUT2D eigenvalue weighted by atomic mass is 35.5. The Hall–Kier alpha value is -3.37. The van der Waals surface area contributed by atoms with E-state index >= 15 is 0 Å². The third-order valence-corrected chi connectivity index (χ3v) is 7.55. The smallest absolute Gasteiger partial charge is 0.251 e. The summed E-state index contributed by atoms with van der Waals surface area (Å²) in [4.78, 5) is 38.8. The predicted octanol–water partition coefficient (Wildman–Crippen LogP) is 4.03. The van der Waals surface area contributed by atoms with E-state index in [9.17, 15) is 18.8 Å². The van der Waals surface area contributed by atoms with E-state index in [0.717, 1.165) is 22.8 Å². The molecule has 0 bridgehead atoms. The van der Waals surface area contributed by atoms with Crippen LogP contribution in [0.4, 0.5) is 4.39 Å². The van der Waals surface area contributed by atoms with Crippen molar-refractivity contribution in [1.82, 2.24) is 4.57 Å². The first-order valence-corrected chi connectivity index (χ1v) is 13.5. The summed E-state index contributed by atoms with van der Waals surface area (Å²) in [5.41, 5.74) is 8.26. The Morgan fingerprint density at radius 2 is 1.90 bits per heavy atom. The number of primary amides is 1. The number of aromatic nitrogens is 1. The number of halogens is 2. The highest BCUT2D eigenvalue weighted by molar-refractivity contribution is 6.30. The van der Waals surface area contributed by atoms with Crippen LogP contribution in [0.5, 0.6) is 0 Å². The summed E-state index contributed by atoms with van der Waals surface area (Å²) in [6.45, 7) is 3.35. The second-order valence-electron chi connectivity index (χ2n) is 10.2. The fourth-order valence-electron chi connectivity index (χ4n) is 5.29. The molecule has 10 heteroatoms. The number of pyridine rings is 1. The maximum Gasteiger partial charge on any atom is 0.251 e. The van der Waals surface area contributed by atoms with Crippen LogP contribution in [-0.4, -0.2) is 48.3 Å². The molecule has 2 N–H and O–H groups in total. The molecule has 2 aliphatic heterocycles. The zero-order valence-electron chi connectivity index (χ0n) is 22.0. The number of nitrogens with two attached hydrogens (primary N) is 1. The lowest BCUT2D eigenvalue weighted by Crippen LogP contribution is -2.37. The van der Waals surface area contributed by atoms with Gasteiger partial charge in [0.25, 0.3) is 11.5 Å². The summed E-state index contributed by atoms with van der Waals surface area (Å²) in [6.07, 6.45) is 1.89. The lowest BCUT2D eigenvalue weighted by atomic mass is 9.92. The van der Waals surface area contributed by atoms with Gasteiger partial charge in [-0.2, -0.15) is 0 Å². The summed E-state index contributed by atoms with van der Waals surface area (Å²) in [7, 11) is 0. The first-order chi connectivity index (χ1) is 19.2. The van der Waals surface area contributed by atoms with Gasteiger partial charge in [-0.1, -0.05) is 23.7 Å². The molecular formula is C30H30ClFN2O6. The van der Waals surface area contributed by atoms with Crippen molar-refractivity contribution in [1.29, 1.82) is 0 Å². The molecule has 3 aromatic rings. The van der Waals surface area contributed by atoms with Crippen LogP contribution in [-0.2, 0) is 38.5 Å². The normalized spacial score (nSPS) is 19.6. The van der Waals surface area contributed by atoms with E-state index in [-0.39, 0.29) is 49.1 Å². The molecule has 1 fully saturated rings. The maximum absolute atomic E-state index is 14.4. The van der Waals surface area contributed by atoms with E-state index in [0.29, 0.717) is 35.8 Å². The molecule has 2 unspecified atom stereocenters. The van der Waals surface area contributed by atoms with Crippen LogP contribution >= 0.6 is 11.6 Å². The minimum atomic E-state index is -0.912. The van der Waals surface area contributed by atoms with Crippen molar-refractivity contribution in [3.63, 3.8) is 0 Å². The van der Waals surface area contributed by atoms with E-state index in [4.69, 9.17) is 31.5 Å². The van der Waals surface area contributed by atoms with Crippen molar-refractivity contribution >= 4 is 23.3 Å². The van der Waals surface area contributed by atoms with Gasteiger partial charge in [-0.3, -0.25) is 14.4 Å². The molecule has 2 aliphatic rings. The van der Waals surface area contributed by atoms with Crippen molar-refractivity contribution < 1.29 is 28.2 Å². The number of carbonyl (C=O) groups is 2. The summed E-state index contributed by atoms with van der Waals surface area (Å²) in [5.74, 6) is -2.01. The zero-order chi connectivity index (χ0) is 28.4. The monoisotopic (exact) mass is 568 g/mol. The molecule has 8 nitrogen and oxygen atoms in total. The Morgan fingerprint density at radius 3 is 2.62 bits per heavy atom. The molecule has 5 rings (SSSR count). The Morgan fingerprint density at radius 1 is 1.10 bits per heavy atom. The Kier molecular flexibility index (Phi) is 8.46. The van der Waals surface area contributed by atoms with Crippen molar-refractivity contribution in [2.75, 3.05) is 19.8 Å². The van der Waals surface area contributed by atoms with E-state index < -0.39 is 23.9 Å². The van der Waals surface area contributed by atoms with Gasteiger partial charge in [0, 0.05) is 35.7 Å². The first-order valence-electron chi connectivity index (χ1n) is 13.2. The number of Topliss-reactive ketones (excluding diaryl/α,β-unsaturated/α-hetero) is 1. The fraction of sp³-hybridized carbons (Fsp3) is 0.367. The van der Waals surface area contributed by atoms with Gasteiger partial charge in [0.05, 0.1) is 50.2 Å². The van der Waals surface area contributed by atoms with Gasteiger partial charge in [0.2, 0.25) is 0 Å². The van der Waals surface area contributed by atoms with Crippen molar-refractivity contribution in [2.45, 2.75) is 51.0 Å². The van der Waals surface area contributed by atoms with Gasteiger partial charge >= 0.3 is 0 Å². The third-order valence-electron chi connectivity index (χ3n) is 7.31. The third kappa shape index (κ3) is 6.18. The number of ether oxygens (including phenoxy) is 3. The van der Waals surface area contributed by atoms with E-state index in [1.54, 1.807) is 6.20 Å². The molecule has 1 amide bonds. The average Bonchev–Trinajstić information content (AvgIpc) is 2.91. The Labute approximate surface area is 235 Å². The molecular weight excluding hydrogens is 539 g/mol. The van der Waals surface area contributed by atoms with Crippen molar-refractivity contribution in [3.8, 4) is 11.1 Å². The largest absolute Gasteiger partial charge is 0.376 e. The van der Waals surface area contributed by atoms with Crippen LogP contribution in [0, 0.1) is 5.82 Å². The highest BCUT2D eigenvalue weighted by Gasteiger charge is 2.29. The first kappa shape index (κ1) is 28.2. The SMILES string of the molecule is CC1Cc2ccc(Cl)cc2-c2cc(=O)n(C(C[C@@H]3COCCO3)C(=O)Cc3ccc(C(N)=O)c(F)c3)cc2CO1. The van der Waals surface area contributed by atoms with Crippen LogP contribution in [0.3, 0.4) is 0 Å². The summed E-state index contributed by atoms with van der Waals surface area (Å²) in [6, 6.07) is 10.1. The molecule has 0 saturated carbocycles. The maximum atomic E-state index is 14.4. The average molecular weight is 569 g/mol. The quantitative estimate of drug-likeness (QED) is 0.461. The molecule has 210 valence electrons. The van der Waals surface area contributed by atoms with Crippen LogP contribution in [0.2, 0.25) is 5.02 Å². The number of ketones is 1. The van der Waals surface area contributed by atoms with Crippen LogP contribution in [0.1, 0.15) is 46.4 Å². The second kappa shape index (κ2) is 12.0. The number of benzene rings is 2. The van der Waals surface area contributed by atoms with E-state index in [1.165, 1.54) is 22.8 Å². The number of fused-ring (bicyclic) bond motifs is 3. The van der Waals surface area contributed by atoms with Gasteiger partial charge in [-0.15, -0.1) is 0 Å². The number of nitrogens with zero attached hydrogens (tertiary/aromatic N) is 1. The van der Waals surface area contributed by atoms with E-state index in [1.807, 2.05) is 25.1 Å². The summed E-state index contributed by atoms with van der Waals surface area (Å²) in [5, 5.41) is 0.556. The van der Waals surface area contributed by atoms with Gasteiger partial charge in [-0.05, 0) is 59.9 Å². The van der Waals surface area contributed by atoms with Gasteiger partial charge in [-0.25, -0.2) is 4.39 Å². The van der Waals surface area contributed by atoms with Gasteiger partial charge < -0.3 is 24.5 Å². The minimum absolute atomic E-state index is 0.0723. The molecule has 40 heavy (non-hydrogen) atoms. The van der Waals surface area contributed by atoms with Crippen LogP contribution in [0.25, 0.3) is 11.1 Å². The van der Waals surface area contributed by atoms with Gasteiger partial charge in [0.15, 0.2) is 5.78 Å². The molecule has 0 spiro atoms. The van der Waals surface area contributed by atoms with Gasteiger partial charge in [0.1, 0.15) is 5.82 Å². The summed E-state index contributed by atoms with van der Waals surface area (Å²) >= 11 is 6.32. The Balaban J connectivity index is 1.54. The lowest BCUT2D eigenvalue weighted by molar-refractivity contribution is -0.126. The molecule has 1 aromatic heterocycles. The van der Waals surface area contributed by atoms with Crippen LogP contribution < -0.4 is 11.3 Å². The van der Waals surface area contributed by atoms with Crippen LogP contribution in [0.15, 0.2) is 53.5 Å². The number of rotatable bonds is 7. The number of hydrogen-bond acceptors (Lipinski definition) is 6. The molecule has 1 saturated heterocycles. The van der Waals surface area contributed by atoms with E-state index in [2.05, 4.69) is 0 Å². The fourth-order valence-corrected chi connectivity index (χ4v) is 5.46. The van der Waals surface area contributed by atoms with Crippen molar-refractivity contribution in [2.24, 2.45) is 5.73 Å². The number of hydrogen-bond donors (Lipinski definition) is 1. The highest BCUT2D eigenvalue weighted by Crippen LogP contribution is 2.33. The Bertz CT molecular complexity index is 1500. The van der Waals surface area contributed by atoms with Crippen molar-refractivity contribution in [3.05, 3.63) is 92.1 Å². The standard InChI is InChI=1S/C30H30ClFN2O6/c1-17-8-19-3-4-21(31)11-24(19)25-13-29(36)34(14-20(25)15-40-17)27(12-22-16-38-6-7-39-22)28(35)10-18-2-5-23(30(33)37)26(32)9-18/h2-5,9,11,13-14,17,22,27H,6-8,10,12,15-16H2,1H3,(H2,33,37)/t17?,22-,27?/m1/s1. The summed E-state index contributed by atoms with van der Waals surface area (Å²) < 4.78 is 33.2. The number of carbonyl (C=O) groups excluding carboxylic acids is 2.